The lowest BCUT2D eigenvalue weighted by Crippen LogP contribution is -2.14. The zero-order chi connectivity index (χ0) is 15.9. The van der Waals surface area contributed by atoms with Gasteiger partial charge in [0.05, 0.1) is 0 Å². The fourth-order valence-electron chi connectivity index (χ4n) is 1.49. The lowest BCUT2D eigenvalue weighted by molar-refractivity contribution is -0.112. The summed E-state index contributed by atoms with van der Waals surface area (Å²) >= 11 is 3.26. The maximum absolute atomic E-state index is 12.8. The van der Waals surface area contributed by atoms with Gasteiger partial charge in [-0.25, -0.2) is 9.37 Å². The third-order valence-electron chi connectivity index (χ3n) is 2.56. The Morgan fingerprint density at radius 1 is 1.27 bits per heavy atom. The average Bonchev–Trinajstić information content (AvgIpc) is 2.52. The molecule has 1 aromatic carbocycles. The van der Waals surface area contributed by atoms with Crippen LogP contribution in [-0.2, 0) is 4.79 Å². The zero-order valence-corrected chi connectivity index (χ0v) is 12.8. The highest BCUT2D eigenvalue weighted by Crippen LogP contribution is 2.12. The SMILES string of the molecule is N#C/C(=C/Nc1ccc(Br)cn1)C(=O)Nc1ccc(F)cc1. The molecule has 5 nitrogen and oxygen atoms in total. The zero-order valence-electron chi connectivity index (χ0n) is 11.2. The second-order valence-electron chi connectivity index (χ2n) is 4.14. The van der Waals surface area contributed by atoms with E-state index in [4.69, 9.17) is 5.26 Å². The van der Waals surface area contributed by atoms with Crippen molar-refractivity contribution in [3.05, 3.63) is 64.7 Å². The van der Waals surface area contributed by atoms with Crippen molar-refractivity contribution in [2.24, 2.45) is 0 Å². The van der Waals surface area contributed by atoms with Crippen molar-refractivity contribution in [1.82, 2.24) is 4.98 Å². The van der Waals surface area contributed by atoms with Gasteiger partial charge in [-0.3, -0.25) is 4.79 Å². The van der Waals surface area contributed by atoms with E-state index in [1.165, 1.54) is 30.5 Å². The van der Waals surface area contributed by atoms with Crippen molar-refractivity contribution < 1.29 is 9.18 Å². The van der Waals surface area contributed by atoms with E-state index in [0.29, 0.717) is 11.5 Å². The minimum absolute atomic E-state index is 0.131. The molecule has 0 aliphatic heterocycles. The van der Waals surface area contributed by atoms with Gasteiger partial charge in [-0.05, 0) is 52.3 Å². The van der Waals surface area contributed by atoms with Gasteiger partial charge in [0, 0.05) is 22.6 Å². The molecule has 0 aliphatic rings. The summed E-state index contributed by atoms with van der Waals surface area (Å²) in [6, 6.07) is 10.5. The number of anilines is 2. The van der Waals surface area contributed by atoms with Gasteiger partial charge in [0.15, 0.2) is 0 Å². The first kappa shape index (κ1) is 15.7. The van der Waals surface area contributed by atoms with E-state index < -0.39 is 11.7 Å². The van der Waals surface area contributed by atoms with Crippen LogP contribution in [-0.4, -0.2) is 10.9 Å². The molecule has 0 aliphatic carbocycles. The van der Waals surface area contributed by atoms with Crippen LogP contribution in [0.4, 0.5) is 15.9 Å². The van der Waals surface area contributed by atoms with Gasteiger partial charge in [-0.1, -0.05) is 0 Å². The molecule has 0 saturated carbocycles. The Morgan fingerprint density at radius 3 is 2.59 bits per heavy atom. The van der Waals surface area contributed by atoms with Gasteiger partial charge in [0.2, 0.25) is 0 Å². The number of hydrogen-bond acceptors (Lipinski definition) is 4. The maximum Gasteiger partial charge on any atom is 0.267 e. The van der Waals surface area contributed by atoms with E-state index >= 15 is 0 Å². The quantitative estimate of drug-likeness (QED) is 0.646. The summed E-state index contributed by atoms with van der Waals surface area (Å²) < 4.78 is 13.6. The van der Waals surface area contributed by atoms with Gasteiger partial charge in [0.1, 0.15) is 23.3 Å². The number of amides is 1. The van der Waals surface area contributed by atoms with Crippen LogP contribution in [0, 0.1) is 17.1 Å². The Balaban J connectivity index is 2.05. The number of rotatable bonds is 4. The number of halogens is 2. The lowest BCUT2D eigenvalue weighted by atomic mass is 10.2. The minimum atomic E-state index is -0.598. The molecule has 22 heavy (non-hydrogen) atoms. The third kappa shape index (κ3) is 4.40. The van der Waals surface area contributed by atoms with Crippen molar-refractivity contribution in [1.29, 1.82) is 5.26 Å². The van der Waals surface area contributed by atoms with Crippen LogP contribution < -0.4 is 10.6 Å². The van der Waals surface area contributed by atoms with Crippen LogP contribution >= 0.6 is 15.9 Å². The van der Waals surface area contributed by atoms with Crippen molar-refractivity contribution >= 4 is 33.3 Å². The van der Waals surface area contributed by atoms with Crippen molar-refractivity contribution in [3.8, 4) is 6.07 Å². The van der Waals surface area contributed by atoms with E-state index in [0.717, 1.165) is 4.47 Å². The number of aromatic nitrogens is 1. The van der Waals surface area contributed by atoms with Crippen molar-refractivity contribution in [2.75, 3.05) is 10.6 Å². The molecule has 0 radical (unpaired) electrons. The number of nitrogens with zero attached hydrogens (tertiary/aromatic N) is 2. The molecule has 0 atom stereocenters. The molecule has 0 saturated heterocycles. The van der Waals surface area contributed by atoms with Crippen molar-refractivity contribution in [2.45, 2.75) is 0 Å². The largest absolute Gasteiger partial charge is 0.345 e. The Labute approximate surface area is 134 Å². The van der Waals surface area contributed by atoms with Crippen LogP contribution in [0.5, 0.6) is 0 Å². The van der Waals surface area contributed by atoms with Gasteiger partial charge in [-0.15, -0.1) is 0 Å². The lowest BCUT2D eigenvalue weighted by Gasteiger charge is -2.05. The van der Waals surface area contributed by atoms with E-state index in [1.54, 1.807) is 24.4 Å². The highest BCUT2D eigenvalue weighted by Gasteiger charge is 2.09. The summed E-state index contributed by atoms with van der Waals surface area (Å²) in [7, 11) is 0. The minimum Gasteiger partial charge on any atom is -0.345 e. The van der Waals surface area contributed by atoms with Crippen molar-refractivity contribution in [3.63, 3.8) is 0 Å². The molecule has 2 aromatic rings. The smallest absolute Gasteiger partial charge is 0.267 e. The fourth-order valence-corrected chi connectivity index (χ4v) is 1.72. The summed E-state index contributed by atoms with van der Waals surface area (Å²) in [5.74, 6) is -0.513. The van der Waals surface area contributed by atoms with Gasteiger partial charge in [-0.2, -0.15) is 5.26 Å². The summed E-state index contributed by atoms with van der Waals surface area (Å²) in [6.45, 7) is 0. The van der Waals surface area contributed by atoms with Crippen LogP contribution in [0.15, 0.2) is 58.8 Å². The monoisotopic (exact) mass is 360 g/mol. The number of nitriles is 1. The van der Waals surface area contributed by atoms with Crippen LogP contribution in [0.3, 0.4) is 0 Å². The Hall–Kier alpha value is -2.72. The first-order valence-corrected chi connectivity index (χ1v) is 6.93. The normalized spacial score (nSPS) is 10.7. The molecular weight excluding hydrogens is 351 g/mol. The number of carbonyl (C=O) groups excluding carboxylic acids is 1. The topological polar surface area (TPSA) is 77.8 Å². The van der Waals surface area contributed by atoms with E-state index in [2.05, 4.69) is 31.5 Å². The van der Waals surface area contributed by atoms with Crippen LogP contribution in [0.25, 0.3) is 0 Å². The van der Waals surface area contributed by atoms with E-state index in [9.17, 15) is 9.18 Å². The molecule has 1 amide bonds. The molecule has 1 aromatic heterocycles. The number of carbonyl (C=O) groups is 1. The average molecular weight is 361 g/mol. The van der Waals surface area contributed by atoms with Crippen LogP contribution in [0.1, 0.15) is 0 Å². The highest BCUT2D eigenvalue weighted by atomic mass is 79.9. The number of nitrogens with one attached hydrogen (secondary N) is 2. The molecule has 0 unspecified atom stereocenters. The predicted molar refractivity (Wildman–Crippen MR) is 84.3 cm³/mol. The first-order valence-electron chi connectivity index (χ1n) is 6.14. The van der Waals surface area contributed by atoms with E-state index in [-0.39, 0.29) is 5.57 Å². The number of hydrogen-bond donors (Lipinski definition) is 2. The molecule has 7 heteroatoms. The molecule has 0 spiro atoms. The van der Waals surface area contributed by atoms with E-state index in [1.807, 2.05) is 0 Å². The van der Waals surface area contributed by atoms with Gasteiger partial charge < -0.3 is 10.6 Å². The third-order valence-corrected chi connectivity index (χ3v) is 3.03. The maximum atomic E-state index is 12.8. The van der Waals surface area contributed by atoms with Crippen LogP contribution in [0.2, 0.25) is 0 Å². The molecule has 2 rings (SSSR count). The van der Waals surface area contributed by atoms with Gasteiger partial charge >= 0.3 is 0 Å². The van der Waals surface area contributed by atoms with Gasteiger partial charge in [0.25, 0.3) is 5.91 Å². The second-order valence-corrected chi connectivity index (χ2v) is 5.05. The summed E-state index contributed by atoms with van der Waals surface area (Å²) in [4.78, 5) is 16.0. The Kier molecular flexibility index (Phi) is 5.22. The highest BCUT2D eigenvalue weighted by molar-refractivity contribution is 9.10. The second kappa shape index (κ2) is 7.33. The predicted octanol–water partition coefficient (Wildman–Crippen LogP) is 3.44. The first-order chi connectivity index (χ1) is 10.6. The number of benzene rings is 1. The fraction of sp³-hybridized carbons (Fsp3) is 0. The summed E-state index contributed by atoms with van der Waals surface area (Å²) in [5.41, 5.74) is 0.267. The molecule has 2 N–H and O–H groups in total. The molecule has 110 valence electrons. The molecular formula is C15H10BrFN4O. The molecule has 0 bridgehead atoms. The number of pyridine rings is 1. The Bertz CT molecular complexity index is 736. The Morgan fingerprint density at radius 2 is 2.00 bits per heavy atom. The molecule has 0 fully saturated rings. The molecule has 1 heterocycles. The summed E-state index contributed by atoms with van der Waals surface area (Å²) in [5, 5.41) is 14.3. The standard InChI is InChI=1S/C15H10BrFN4O/c16-11-1-6-14(20-9-11)19-8-10(7-18)15(22)21-13-4-2-12(17)3-5-13/h1-6,8-9H,(H,19,20)(H,21,22)/b10-8-. The summed E-state index contributed by atoms with van der Waals surface area (Å²) in [6.07, 6.45) is 2.84.